The summed E-state index contributed by atoms with van der Waals surface area (Å²) in [7, 11) is 0. The summed E-state index contributed by atoms with van der Waals surface area (Å²) in [6.45, 7) is 6.56. The highest BCUT2D eigenvalue weighted by atomic mass is 16.2. The van der Waals surface area contributed by atoms with Crippen molar-refractivity contribution in [1.82, 2.24) is 0 Å². The molecule has 3 rings (SSSR count). The number of hydrogen-bond donors (Lipinski definition) is 3. The minimum Gasteiger partial charge on any atom is -0.376 e. The maximum atomic E-state index is 12.9. The summed E-state index contributed by atoms with van der Waals surface area (Å²) < 4.78 is 0. The van der Waals surface area contributed by atoms with Crippen LogP contribution in [0.2, 0.25) is 0 Å². The minimum absolute atomic E-state index is 0.0313. The van der Waals surface area contributed by atoms with Crippen molar-refractivity contribution in [2.45, 2.75) is 27.2 Å². The van der Waals surface area contributed by atoms with E-state index in [4.69, 9.17) is 0 Å². The summed E-state index contributed by atoms with van der Waals surface area (Å²) in [5.74, 6) is -0.0240. The predicted octanol–water partition coefficient (Wildman–Crippen LogP) is 5.39. The van der Waals surface area contributed by atoms with Crippen molar-refractivity contribution in [1.29, 1.82) is 0 Å². The van der Waals surface area contributed by atoms with E-state index in [0.717, 1.165) is 11.4 Å². The monoisotopic (exact) mass is 472 g/mol. The Bertz CT molecular complexity index is 1130. The summed E-state index contributed by atoms with van der Waals surface area (Å²) in [4.78, 5) is 38.8. The maximum absolute atomic E-state index is 12.9. The smallest absolute Gasteiger partial charge is 0.258 e. The molecule has 7 nitrogen and oxygen atoms in total. The first-order valence-corrected chi connectivity index (χ1v) is 11.8. The second-order valence-electron chi connectivity index (χ2n) is 8.59. The predicted molar refractivity (Wildman–Crippen MR) is 142 cm³/mol. The fourth-order valence-electron chi connectivity index (χ4n) is 3.55. The molecule has 35 heavy (non-hydrogen) atoms. The summed E-state index contributed by atoms with van der Waals surface area (Å²) in [5.41, 5.74) is 3.49. The Morgan fingerprint density at radius 1 is 0.743 bits per heavy atom. The van der Waals surface area contributed by atoms with E-state index in [0.29, 0.717) is 29.9 Å². The van der Waals surface area contributed by atoms with Gasteiger partial charge < -0.3 is 20.9 Å². The van der Waals surface area contributed by atoms with Gasteiger partial charge in [-0.05, 0) is 73.5 Å². The van der Waals surface area contributed by atoms with Crippen LogP contribution in [0.3, 0.4) is 0 Å². The van der Waals surface area contributed by atoms with Gasteiger partial charge in [0.1, 0.15) is 0 Å². The molecule has 0 saturated heterocycles. The van der Waals surface area contributed by atoms with Gasteiger partial charge in [0.05, 0.1) is 6.54 Å². The van der Waals surface area contributed by atoms with E-state index >= 15 is 0 Å². The summed E-state index contributed by atoms with van der Waals surface area (Å²) in [6.07, 6.45) is 0.461. The highest BCUT2D eigenvalue weighted by molar-refractivity contribution is 6.06. The van der Waals surface area contributed by atoms with Crippen molar-refractivity contribution in [3.05, 3.63) is 84.4 Å². The third kappa shape index (κ3) is 7.71. The molecular weight excluding hydrogens is 440 g/mol. The Labute approximate surface area is 206 Å². The molecule has 0 aliphatic rings. The Morgan fingerprint density at radius 3 is 1.83 bits per heavy atom. The molecule has 0 fully saturated rings. The van der Waals surface area contributed by atoms with Gasteiger partial charge in [0.25, 0.3) is 5.91 Å². The average molecular weight is 473 g/mol. The molecule has 0 aliphatic carbocycles. The highest BCUT2D eigenvalue weighted by Gasteiger charge is 2.15. The molecule has 182 valence electrons. The van der Waals surface area contributed by atoms with Crippen molar-refractivity contribution in [2.75, 3.05) is 33.9 Å². The number of benzene rings is 3. The minimum atomic E-state index is -0.206. The molecule has 7 heteroatoms. The first-order chi connectivity index (χ1) is 16.9. The van der Waals surface area contributed by atoms with Crippen LogP contribution in [0.4, 0.5) is 22.7 Å². The normalized spacial score (nSPS) is 10.5. The Balaban J connectivity index is 1.49. The maximum Gasteiger partial charge on any atom is 0.258 e. The van der Waals surface area contributed by atoms with Crippen LogP contribution in [0.5, 0.6) is 0 Å². The lowest BCUT2D eigenvalue weighted by Gasteiger charge is -2.21. The van der Waals surface area contributed by atoms with Gasteiger partial charge in [-0.3, -0.25) is 14.4 Å². The molecule has 3 aromatic carbocycles. The number of carbonyl (C=O) groups is 3. The summed E-state index contributed by atoms with van der Waals surface area (Å²) in [5, 5.41) is 8.73. The highest BCUT2D eigenvalue weighted by Crippen LogP contribution is 2.18. The van der Waals surface area contributed by atoms with E-state index in [1.165, 1.54) is 0 Å². The number of carbonyl (C=O) groups excluding carboxylic acids is 3. The quantitative estimate of drug-likeness (QED) is 0.369. The van der Waals surface area contributed by atoms with E-state index in [1.807, 2.05) is 51.1 Å². The lowest BCUT2D eigenvalue weighted by atomic mass is 10.1. The van der Waals surface area contributed by atoms with E-state index in [1.54, 1.807) is 53.4 Å². The van der Waals surface area contributed by atoms with Gasteiger partial charge in [-0.2, -0.15) is 0 Å². The van der Waals surface area contributed by atoms with Crippen molar-refractivity contribution in [3.63, 3.8) is 0 Å². The van der Waals surface area contributed by atoms with Crippen LogP contribution in [0.15, 0.2) is 78.9 Å². The molecule has 0 spiro atoms. The molecule has 0 bridgehead atoms. The van der Waals surface area contributed by atoms with Gasteiger partial charge in [0, 0.05) is 41.3 Å². The third-order valence-corrected chi connectivity index (χ3v) is 5.26. The van der Waals surface area contributed by atoms with Crippen LogP contribution in [0.1, 0.15) is 37.6 Å². The fraction of sp³-hybridized carbons (Fsp3) is 0.250. The summed E-state index contributed by atoms with van der Waals surface area (Å²) in [6, 6.07) is 23.6. The van der Waals surface area contributed by atoms with Gasteiger partial charge in [0.15, 0.2) is 0 Å². The molecule has 0 aromatic heterocycles. The second-order valence-corrected chi connectivity index (χ2v) is 8.59. The van der Waals surface area contributed by atoms with Crippen LogP contribution >= 0.6 is 0 Å². The molecular formula is C28H32N4O3. The van der Waals surface area contributed by atoms with E-state index in [9.17, 15) is 14.4 Å². The molecule has 0 atom stereocenters. The number of nitrogens with one attached hydrogen (secondary N) is 3. The topological polar surface area (TPSA) is 90.5 Å². The Morgan fingerprint density at radius 2 is 1.29 bits per heavy atom. The molecule has 3 N–H and O–H groups in total. The zero-order valence-electron chi connectivity index (χ0n) is 20.4. The van der Waals surface area contributed by atoms with Crippen molar-refractivity contribution >= 4 is 40.5 Å². The van der Waals surface area contributed by atoms with Crippen molar-refractivity contribution < 1.29 is 14.4 Å². The lowest BCUT2D eigenvalue weighted by molar-refractivity contribution is -0.117. The number of anilines is 4. The van der Waals surface area contributed by atoms with E-state index in [2.05, 4.69) is 16.0 Å². The van der Waals surface area contributed by atoms with Gasteiger partial charge in [-0.15, -0.1) is 0 Å². The molecule has 0 unspecified atom stereocenters. The van der Waals surface area contributed by atoms with E-state index < -0.39 is 0 Å². The zero-order valence-corrected chi connectivity index (χ0v) is 20.4. The van der Waals surface area contributed by atoms with Crippen LogP contribution in [-0.2, 0) is 9.59 Å². The zero-order chi connectivity index (χ0) is 25.2. The Hall–Kier alpha value is -4.13. The van der Waals surface area contributed by atoms with Crippen LogP contribution in [-0.4, -0.2) is 30.8 Å². The molecule has 0 radical (unpaired) electrons. The number of amides is 3. The van der Waals surface area contributed by atoms with Crippen molar-refractivity contribution in [3.8, 4) is 0 Å². The SMILES string of the molecule is CCN(C(=O)c1ccc(NCC(=O)Nc2ccc(NC(=O)CC(C)C)cc2)cc1)c1ccccc1. The number of para-hydroxylation sites is 1. The number of nitrogens with zero attached hydrogens (tertiary/aromatic N) is 1. The molecule has 3 aromatic rings. The molecule has 0 heterocycles. The molecule has 3 amide bonds. The van der Waals surface area contributed by atoms with Gasteiger partial charge in [-0.1, -0.05) is 32.0 Å². The summed E-state index contributed by atoms with van der Waals surface area (Å²) >= 11 is 0. The standard InChI is InChI=1S/C28H32N4O3/c1-4-32(25-8-6-5-7-9-25)28(35)21-10-12-22(13-11-21)29-19-27(34)31-24-16-14-23(15-17-24)30-26(33)18-20(2)3/h5-17,20,29H,4,18-19H2,1-3H3,(H,30,33)(H,31,34). The van der Waals surface area contributed by atoms with Crippen LogP contribution in [0.25, 0.3) is 0 Å². The van der Waals surface area contributed by atoms with Gasteiger partial charge in [0.2, 0.25) is 11.8 Å². The molecule has 0 saturated carbocycles. The van der Waals surface area contributed by atoms with E-state index in [-0.39, 0.29) is 30.2 Å². The average Bonchev–Trinajstić information content (AvgIpc) is 2.85. The van der Waals surface area contributed by atoms with Crippen molar-refractivity contribution in [2.24, 2.45) is 5.92 Å². The fourth-order valence-corrected chi connectivity index (χ4v) is 3.55. The largest absolute Gasteiger partial charge is 0.376 e. The van der Waals surface area contributed by atoms with Gasteiger partial charge in [-0.25, -0.2) is 0 Å². The first-order valence-electron chi connectivity index (χ1n) is 11.8. The second kappa shape index (κ2) is 12.4. The third-order valence-electron chi connectivity index (χ3n) is 5.26. The van der Waals surface area contributed by atoms with Crippen LogP contribution in [0, 0.1) is 5.92 Å². The van der Waals surface area contributed by atoms with Crippen LogP contribution < -0.4 is 20.9 Å². The Kier molecular flexibility index (Phi) is 9.01. The lowest BCUT2D eigenvalue weighted by Crippen LogP contribution is -2.30. The number of rotatable bonds is 10. The first kappa shape index (κ1) is 25.5. The number of hydrogen-bond acceptors (Lipinski definition) is 4. The molecule has 0 aliphatic heterocycles. The van der Waals surface area contributed by atoms with Gasteiger partial charge >= 0.3 is 0 Å².